The summed E-state index contributed by atoms with van der Waals surface area (Å²) in [5.74, 6) is -0.664. The Labute approximate surface area is 236 Å². The number of benzene rings is 3. The van der Waals surface area contributed by atoms with Crippen molar-refractivity contribution in [3.8, 4) is 22.6 Å². The summed E-state index contributed by atoms with van der Waals surface area (Å²) in [6.07, 6.45) is 8.50. The van der Waals surface area contributed by atoms with E-state index in [1.165, 1.54) is 6.07 Å². The molecule has 3 aromatic rings. The molecule has 1 saturated carbocycles. The molecule has 40 heavy (non-hydrogen) atoms. The van der Waals surface area contributed by atoms with E-state index in [1.807, 2.05) is 18.2 Å². The summed E-state index contributed by atoms with van der Waals surface area (Å²) in [6.45, 7) is 6.94. The molecular formula is C34H39F3O3. The van der Waals surface area contributed by atoms with Gasteiger partial charge in [-0.1, -0.05) is 49.8 Å². The van der Waals surface area contributed by atoms with Crippen LogP contribution in [0.2, 0.25) is 0 Å². The van der Waals surface area contributed by atoms with Gasteiger partial charge in [0, 0.05) is 17.2 Å². The number of unbranched alkanes of at least 4 members (excludes halogenated alkanes) is 2. The monoisotopic (exact) mass is 552 g/mol. The Kier molecular flexibility index (Phi) is 11.1. The summed E-state index contributed by atoms with van der Waals surface area (Å²) in [6, 6.07) is 15.3. The summed E-state index contributed by atoms with van der Waals surface area (Å²) in [5.41, 5.74) is 1.68. The van der Waals surface area contributed by atoms with Crippen molar-refractivity contribution in [3.63, 3.8) is 0 Å². The first-order chi connectivity index (χ1) is 19.5. The van der Waals surface area contributed by atoms with Gasteiger partial charge < -0.3 is 14.2 Å². The third-order valence-electron chi connectivity index (χ3n) is 7.48. The highest BCUT2D eigenvalue weighted by Crippen LogP contribution is 2.37. The van der Waals surface area contributed by atoms with Gasteiger partial charge in [-0.2, -0.15) is 0 Å². The van der Waals surface area contributed by atoms with E-state index in [2.05, 4.69) is 13.5 Å². The highest BCUT2D eigenvalue weighted by Gasteiger charge is 2.26. The Hall–Kier alpha value is -3.25. The van der Waals surface area contributed by atoms with Crippen LogP contribution in [0, 0.1) is 17.5 Å². The van der Waals surface area contributed by atoms with Crippen LogP contribution in [0.4, 0.5) is 13.2 Å². The topological polar surface area (TPSA) is 27.7 Å². The van der Waals surface area contributed by atoms with Gasteiger partial charge >= 0.3 is 0 Å². The van der Waals surface area contributed by atoms with Crippen molar-refractivity contribution in [2.45, 2.75) is 76.9 Å². The Morgan fingerprint density at radius 3 is 2.23 bits per heavy atom. The molecule has 0 aromatic heterocycles. The average molecular weight is 553 g/mol. The maximum atomic E-state index is 15.0. The molecule has 0 aliphatic heterocycles. The summed E-state index contributed by atoms with van der Waals surface area (Å²) >= 11 is 0. The fraction of sp³-hybridized carbons (Fsp3) is 0.412. The zero-order valence-electron chi connectivity index (χ0n) is 23.3. The highest BCUT2D eigenvalue weighted by molar-refractivity contribution is 5.65. The van der Waals surface area contributed by atoms with Crippen molar-refractivity contribution in [2.75, 3.05) is 13.2 Å². The summed E-state index contributed by atoms with van der Waals surface area (Å²) < 4.78 is 61.9. The molecule has 4 rings (SSSR count). The Morgan fingerprint density at radius 2 is 1.52 bits per heavy atom. The van der Waals surface area contributed by atoms with Crippen LogP contribution < -0.4 is 9.47 Å². The van der Waals surface area contributed by atoms with Gasteiger partial charge in [0.1, 0.15) is 17.3 Å². The minimum atomic E-state index is -0.886. The molecule has 3 nitrogen and oxygen atoms in total. The number of halogens is 3. The Morgan fingerprint density at radius 1 is 0.825 bits per heavy atom. The van der Waals surface area contributed by atoms with Crippen molar-refractivity contribution in [1.82, 2.24) is 0 Å². The first-order valence-corrected chi connectivity index (χ1v) is 14.3. The third kappa shape index (κ3) is 7.91. The standard InChI is InChI=1S/C34H39F3O3/c1-3-5-7-21-39-29-17-19-30(32(35)22-29)24-8-15-28(16-9-24)40-23-26-12-18-31(34(37)33(26)36)25-10-13-27(14-11-25)38-20-6-4-2/h3,10-14,17-19,22,24,28H,1,4-9,15-16,20-21,23H2,2H3. The van der Waals surface area contributed by atoms with Crippen LogP contribution >= 0.6 is 0 Å². The molecule has 1 aliphatic carbocycles. The number of ether oxygens (including phenoxy) is 3. The van der Waals surface area contributed by atoms with Gasteiger partial charge in [-0.15, -0.1) is 6.58 Å². The normalized spacial score (nSPS) is 17.0. The smallest absolute Gasteiger partial charge is 0.167 e. The predicted octanol–water partition coefficient (Wildman–Crippen LogP) is 9.54. The zero-order chi connectivity index (χ0) is 28.3. The van der Waals surface area contributed by atoms with Crippen LogP contribution in [-0.2, 0) is 11.3 Å². The quantitative estimate of drug-likeness (QED) is 0.147. The van der Waals surface area contributed by atoms with Gasteiger partial charge in [-0.3, -0.25) is 0 Å². The largest absolute Gasteiger partial charge is 0.494 e. The highest BCUT2D eigenvalue weighted by atomic mass is 19.2. The van der Waals surface area contributed by atoms with E-state index in [0.29, 0.717) is 35.8 Å². The molecule has 0 saturated heterocycles. The number of hydrogen-bond acceptors (Lipinski definition) is 3. The van der Waals surface area contributed by atoms with Crippen molar-refractivity contribution >= 4 is 0 Å². The van der Waals surface area contributed by atoms with Gasteiger partial charge in [0.05, 0.1) is 25.9 Å². The molecule has 0 atom stereocenters. The minimum Gasteiger partial charge on any atom is -0.494 e. The van der Waals surface area contributed by atoms with Crippen molar-refractivity contribution in [1.29, 1.82) is 0 Å². The lowest BCUT2D eigenvalue weighted by molar-refractivity contribution is 0.0117. The van der Waals surface area contributed by atoms with Gasteiger partial charge in [0.2, 0.25) is 0 Å². The molecule has 1 fully saturated rings. The van der Waals surface area contributed by atoms with E-state index >= 15 is 0 Å². The lowest BCUT2D eigenvalue weighted by Crippen LogP contribution is -2.21. The lowest BCUT2D eigenvalue weighted by atomic mass is 9.82. The summed E-state index contributed by atoms with van der Waals surface area (Å²) in [7, 11) is 0. The van der Waals surface area contributed by atoms with E-state index < -0.39 is 11.6 Å². The molecule has 214 valence electrons. The molecule has 0 radical (unpaired) electrons. The Balaban J connectivity index is 1.28. The van der Waals surface area contributed by atoms with E-state index in [-0.39, 0.29) is 35.6 Å². The van der Waals surface area contributed by atoms with Crippen molar-refractivity contribution in [2.24, 2.45) is 0 Å². The van der Waals surface area contributed by atoms with Gasteiger partial charge in [-0.25, -0.2) is 13.2 Å². The van der Waals surface area contributed by atoms with Gasteiger partial charge in [0.25, 0.3) is 0 Å². The second kappa shape index (κ2) is 14.9. The summed E-state index contributed by atoms with van der Waals surface area (Å²) in [5, 5.41) is 0. The van der Waals surface area contributed by atoms with Crippen LogP contribution in [0.3, 0.4) is 0 Å². The minimum absolute atomic E-state index is 0.00514. The van der Waals surface area contributed by atoms with E-state index in [4.69, 9.17) is 14.2 Å². The molecule has 0 spiro atoms. The average Bonchev–Trinajstić information content (AvgIpc) is 2.97. The van der Waals surface area contributed by atoms with Crippen LogP contribution in [0.15, 0.2) is 67.3 Å². The molecule has 0 amide bonds. The second-order valence-electron chi connectivity index (χ2n) is 10.4. The molecule has 0 unspecified atom stereocenters. The third-order valence-corrected chi connectivity index (χ3v) is 7.48. The SMILES string of the molecule is C=CCCCOc1ccc(C2CCC(OCc3ccc(-c4ccc(OCCCC)cc4)c(F)c3F)CC2)c(F)c1. The molecule has 3 aromatic carbocycles. The molecule has 0 N–H and O–H groups in total. The fourth-order valence-electron chi connectivity index (χ4n) is 5.08. The number of allylic oxidation sites excluding steroid dienone is 1. The Bertz CT molecular complexity index is 1230. The molecule has 0 bridgehead atoms. The number of hydrogen-bond donors (Lipinski definition) is 0. The molecular weight excluding hydrogens is 513 g/mol. The molecule has 1 aliphatic rings. The first-order valence-electron chi connectivity index (χ1n) is 14.3. The number of rotatable bonds is 14. The lowest BCUT2D eigenvalue weighted by Gasteiger charge is -2.29. The van der Waals surface area contributed by atoms with E-state index in [9.17, 15) is 13.2 Å². The maximum Gasteiger partial charge on any atom is 0.167 e. The van der Waals surface area contributed by atoms with Crippen molar-refractivity contribution < 1.29 is 27.4 Å². The van der Waals surface area contributed by atoms with Crippen LogP contribution in [0.5, 0.6) is 11.5 Å². The van der Waals surface area contributed by atoms with Gasteiger partial charge in [-0.05, 0) is 80.2 Å². The zero-order valence-corrected chi connectivity index (χ0v) is 23.3. The molecule has 0 heterocycles. The first kappa shape index (κ1) is 29.7. The molecule has 6 heteroatoms. The predicted molar refractivity (Wildman–Crippen MR) is 153 cm³/mol. The summed E-state index contributed by atoms with van der Waals surface area (Å²) in [4.78, 5) is 0. The van der Waals surface area contributed by atoms with Crippen LogP contribution in [0.1, 0.15) is 75.3 Å². The van der Waals surface area contributed by atoms with Gasteiger partial charge in [0.15, 0.2) is 11.6 Å². The van der Waals surface area contributed by atoms with Crippen molar-refractivity contribution in [3.05, 3.63) is 95.8 Å². The maximum absolute atomic E-state index is 15.0. The van der Waals surface area contributed by atoms with Crippen LogP contribution in [0.25, 0.3) is 11.1 Å². The van der Waals surface area contributed by atoms with E-state index in [1.54, 1.807) is 36.4 Å². The van der Waals surface area contributed by atoms with E-state index in [0.717, 1.165) is 51.4 Å². The fourth-order valence-corrected chi connectivity index (χ4v) is 5.08. The van der Waals surface area contributed by atoms with Crippen LogP contribution in [-0.4, -0.2) is 19.3 Å². The second-order valence-corrected chi connectivity index (χ2v) is 10.4.